The minimum Gasteiger partial charge on any atom is -0.486 e. The molecule has 4 rings (SSSR count). The summed E-state index contributed by atoms with van der Waals surface area (Å²) in [5.74, 6) is 3.34. The van der Waals surface area contributed by atoms with E-state index in [0.717, 1.165) is 23.1 Å². The molecule has 2 aromatic heterocycles. The van der Waals surface area contributed by atoms with Crippen LogP contribution in [0.1, 0.15) is 30.4 Å². The normalized spacial score (nSPS) is 14.2. The highest BCUT2D eigenvalue weighted by molar-refractivity contribution is 5.36. The predicted molar refractivity (Wildman–Crippen MR) is 80.9 cm³/mol. The molecule has 0 bridgehead atoms. The van der Waals surface area contributed by atoms with Crippen molar-refractivity contribution in [2.24, 2.45) is 7.05 Å². The third-order valence-corrected chi connectivity index (χ3v) is 3.91. The van der Waals surface area contributed by atoms with Gasteiger partial charge in [0, 0.05) is 25.4 Å². The lowest BCUT2D eigenvalue weighted by Gasteiger charge is -2.07. The van der Waals surface area contributed by atoms with Crippen molar-refractivity contribution in [2.45, 2.75) is 25.4 Å². The first kappa shape index (κ1) is 13.1. The third-order valence-electron chi connectivity index (χ3n) is 3.91. The van der Waals surface area contributed by atoms with Gasteiger partial charge in [-0.05, 0) is 43.2 Å². The van der Waals surface area contributed by atoms with Gasteiger partial charge in [-0.3, -0.25) is 0 Å². The molecule has 1 fully saturated rings. The van der Waals surface area contributed by atoms with Crippen LogP contribution in [0.5, 0.6) is 5.75 Å². The Bertz CT molecular complexity index is 756. The van der Waals surface area contributed by atoms with Crippen molar-refractivity contribution in [1.82, 2.24) is 24.5 Å². The molecule has 0 saturated heterocycles. The average Bonchev–Trinajstić information content (AvgIpc) is 3.10. The molecular weight excluding hydrogens is 278 g/mol. The minimum atomic E-state index is 0.428. The van der Waals surface area contributed by atoms with Crippen molar-refractivity contribution in [1.29, 1.82) is 0 Å². The fourth-order valence-electron chi connectivity index (χ4n) is 2.46. The number of rotatable bonds is 5. The van der Waals surface area contributed by atoms with Gasteiger partial charge in [0.15, 0.2) is 5.82 Å². The van der Waals surface area contributed by atoms with E-state index < -0.39 is 0 Å². The number of ether oxygens (including phenoxy) is 1. The van der Waals surface area contributed by atoms with Crippen molar-refractivity contribution < 1.29 is 4.74 Å². The van der Waals surface area contributed by atoms with E-state index in [1.54, 1.807) is 6.20 Å². The number of hydrogen-bond acceptors (Lipinski definition) is 4. The highest BCUT2D eigenvalue weighted by Crippen LogP contribution is 2.38. The minimum absolute atomic E-state index is 0.428. The fourth-order valence-corrected chi connectivity index (χ4v) is 2.46. The Balaban J connectivity index is 1.43. The van der Waals surface area contributed by atoms with E-state index in [1.807, 2.05) is 48.3 Å². The van der Waals surface area contributed by atoms with E-state index in [2.05, 4.69) is 19.9 Å². The van der Waals surface area contributed by atoms with Gasteiger partial charge in [-0.1, -0.05) is 0 Å². The maximum absolute atomic E-state index is 5.81. The number of aromatic nitrogens is 5. The Hall–Kier alpha value is -2.63. The van der Waals surface area contributed by atoms with Crippen LogP contribution < -0.4 is 4.74 Å². The fraction of sp³-hybridized carbons (Fsp3) is 0.312. The molecule has 0 atom stereocenters. The standard InChI is InChI=1S/C16H17N5O/c1-20-15(18-19-16(20)12-3-4-12)11-22-14-7-5-13(6-8-14)21-10-2-9-17-21/h2,5-10,12H,3-4,11H2,1H3. The Labute approximate surface area is 128 Å². The van der Waals surface area contributed by atoms with Crippen LogP contribution in [0.4, 0.5) is 0 Å². The zero-order valence-corrected chi connectivity index (χ0v) is 12.4. The van der Waals surface area contributed by atoms with Gasteiger partial charge in [-0.2, -0.15) is 5.10 Å². The summed E-state index contributed by atoms with van der Waals surface area (Å²) < 4.78 is 9.67. The second-order valence-electron chi connectivity index (χ2n) is 5.54. The van der Waals surface area contributed by atoms with Gasteiger partial charge in [0.2, 0.25) is 0 Å². The lowest BCUT2D eigenvalue weighted by atomic mass is 10.3. The van der Waals surface area contributed by atoms with Crippen LogP contribution in [0.25, 0.3) is 5.69 Å². The van der Waals surface area contributed by atoms with Crippen molar-refractivity contribution in [3.8, 4) is 11.4 Å². The summed E-state index contributed by atoms with van der Waals surface area (Å²) >= 11 is 0. The summed E-state index contributed by atoms with van der Waals surface area (Å²) in [6.07, 6.45) is 6.12. The molecule has 6 heteroatoms. The van der Waals surface area contributed by atoms with Gasteiger partial charge in [0.1, 0.15) is 18.2 Å². The Morgan fingerprint density at radius 1 is 1.18 bits per heavy atom. The second-order valence-corrected chi connectivity index (χ2v) is 5.54. The molecular formula is C16H17N5O. The first-order valence-electron chi connectivity index (χ1n) is 7.42. The molecule has 3 aromatic rings. The molecule has 22 heavy (non-hydrogen) atoms. The molecule has 0 amide bonds. The van der Waals surface area contributed by atoms with Gasteiger partial charge >= 0.3 is 0 Å². The number of benzene rings is 1. The van der Waals surface area contributed by atoms with E-state index in [0.29, 0.717) is 12.5 Å². The van der Waals surface area contributed by atoms with Crippen LogP contribution in [-0.4, -0.2) is 24.5 Å². The maximum Gasteiger partial charge on any atom is 0.170 e. The predicted octanol–water partition coefficient (Wildman–Crippen LogP) is 2.46. The van der Waals surface area contributed by atoms with Crippen molar-refractivity contribution in [2.75, 3.05) is 0 Å². The van der Waals surface area contributed by atoms with Gasteiger partial charge in [0.05, 0.1) is 5.69 Å². The number of hydrogen-bond donors (Lipinski definition) is 0. The topological polar surface area (TPSA) is 57.8 Å². The van der Waals surface area contributed by atoms with E-state index in [1.165, 1.54) is 12.8 Å². The Morgan fingerprint density at radius 2 is 2.00 bits per heavy atom. The van der Waals surface area contributed by atoms with Crippen molar-refractivity contribution in [3.05, 3.63) is 54.4 Å². The van der Waals surface area contributed by atoms with Gasteiger partial charge in [0.25, 0.3) is 0 Å². The lowest BCUT2D eigenvalue weighted by molar-refractivity contribution is 0.291. The molecule has 0 spiro atoms. The van der Waals surface area contributed by atoms with Crippen molar-refractivity contribution in [3.63, 3.8) is 0 Å². The summed E-state index contributed by atoms with van der Waals surface area (Å²) in [4.78, 5) is 0. The van der Waals surface area contributed by atoms with Crippen LogP contribution in [-0.2, 0) is 13.7 Å². The van der Waals surface area contributed by atoms with Crippen LogP contribution in [0, 0.1) is 0 Å². The summed E-state index contributed by atoms with van der Waals surface area (Å²) in [5.41, 5.74) is 1.01. The van der Waals surface area contributed by atoms with Crippen LogP contribution in [0.15, 0.2) is 42.7 Å². The van der Waals surface area contributed by atoms with Gasteiger partial charge < -0.3 is 9.30 Å². The van der Waals surface area contributed by atoms with Crippen LogP contribution in [0.3, 0.4) is 0 Å². The van der Waals surface area contributed by atoms with Crippen molar-refractivity contribution >= 4 is 0 Å². The zero-order valence-electron chi connectivity index (χ0n) is 12.4. The van der Waals surface area contributed by atoms with Crippen LogP contribution >= 0.6 is 0 Å². The Kier molecular flexibility index (Phi) is 3.14. The van der Waals surface area contributed by atoms with E-state index in [-0.39, 0.29) is 0 Å². The number of nitrogens with zero attached hydrogens (tertiary/aromatic N) is 5. The molecule has 1 saturated carbocycles. The summed E-state index contributed by atoms with van der Waals surface area (Å²) in [7, 11) is 2.01. The first-order valence-corrected chi connectivity index (χ1v) is 7.42. The monoisotopic (exact) mass is 295 g/mol. The lowest BCUT2D eigenvalue weighted by Crippen LogP contribution is -2.05. The Morgan fingerprint density at radius 3 is 2.68 bits per heavy atom. The molecule has 0 aliphatic heterocycles. The van der Waals surface area contributed by atoms with E-state index in [4.69, 9.17) is 4.74 Å². The highest BCUT2D eigenvalue weighted by Gasteiger charge is 2.29. The van der Waals surface area contributed by atoms with Gasteiger partial charge in [-0.15, -0.1) is 10.2 Å². The quantitative estimate of drug-likeness (QED) is 0.725. The third kappa shape index (κ3) is 2.47. The summed E-state index contributed by atoms with van der Waals surface area (Å²) in [5, 5.41) is 12.7. The smallest absolute Gasteiger partial charge is 0.170 e. The molecule has 0 radical (unpaired) electrons. The second kappa shape index (κ2) is 5.29. The molecule has 1 aromatic carbocycles. The van der Waals surface area contributed by atoms with E-state index in [9.17, 15) is 0 Å². The molecule has 0 N–H and O–H groups in total. The molecule has 112 valence electrons. The molecule has 6 nitrogen and oxygen atoms in total. The average molecular weight is 295 g/mol. The first-order chi connectivity index (χ1) is 10.8. The molecule has 1 aliphatic carbocycles. The van der Waals surface area contributed by atoms with Crippen LogP contribution in [0.2, 0.25) is 0 Å². The highest BCUT2D eigenvalue weighted by atomic mass is 16.5. The summed E-state index contributed by atoms with van der Waals surface area (Å²) in [6, 6.07) is 9.74. The maximum atomic E-state index is 5.81. The zero-order chi connectivity index (χ0) is 14.9. The largest absolute Gasteiger partial charge is 0.486 e. The summed E-state index contributed by atoms with van der Waals surface area (Å²) in [6.45, 7) is 0.428. The molecule has 2 heterocycles. The van der Waals surface area contributed by atoms with Gasteiger partial charge in [-0.25, -0.2) is 4.68 Å². The SMILES string of the molecule is Cn1c(COc2ccc(-n3cccn3)cc2)nnc1C1CC1. The van der Waals surface area contributed by atoms with E-state index >= 15 is 0 Å². The molecule has 1 aliphatic rings. The molecule has 0 unspecified atom stereocenters.